The van der Waals surface area contributed by atoms with Gasteiger partial charge in [-0.15, -0.1) is 0 Å². The van der Waals surface area contributed by atoms with Crippen LogP contribution in [0.15, 0.2) is 36.7 Å². The van der Waals surface area contributed by atoms with Crippen molar-refractivity contribution in [2.75, 3.05) is 19.0 Å². The highest BCUT2D eigenvalue weighted by Crippen LogP contribution is 2.36. The fourth-order valence-corrected chi connectivity index (χ4v) is 4.24. The molecule has 2 fully saturated rings. The van der Waals surface area contributed by atoms with E-state index in [1.165, 1.54) is 19.8 Å². The van der Waals surface area contributed by atoms with Crippen LogP contribution in [0, 0.1) is 0 Å². The standard InChI is InChI=1S/C23H28N4O4/c1-15(28)26-19-9-10-24-12-17(19)14-27-20(13-25-23(27)29)16-7-8-21(30-2)22(11-16)31-18-5-3-4-6-18/h7-12,18,20H,3-6,13-14H2,1-2H3,(H,25,29)(H,24,26,28). The van der Waals surface area contributed by atoms with E-state index in [-0.39, 0.29) is 24.1 Å². The normalized spacial score (nSPS) is 18.7. The summed E-state index contributed by atoms with van der Waals surface area (Å²) >= 11 is 0. The van der Waals surface area contributed by atoms with E-state index in [0.717, 1.165) is 24.0 Å². The summed E-state index contributed by atoms with van der Waals surface area (Å²) in [6.45, 7) is 2.27. The number of nitrogens with one attached hydrogen (secondary N) is 2. The molecule has 2 aliphatic rings. The van der Waals surface area contributed by atoms with Crippen molar-refractivity contribution in [1.29, 1.82) is 0 Å². The Morgan fingerprint density at radius 2 is 2.06 bits per heavy atom. The zero-order chi connectivity index (χ0) is 21.8. The summed E-state index contributed by atoms with van der Waals surface area (Å²) in [5.41, 5.74) is 2.40. The summed E-state index contributed by atoms with van der Waals surface area (Å²) in [6.07, 6.45) is 7.97. The van der Waals surface area contributed by atoms with Crippen LogP contribution in [0.3, 0.4) is 0 Å². The van der Waals surface area contributed by atoms with Gasteiger partial charge in [0, 0.05) is 37.1 Å². The third-order valence-corrected chi connectivity index (χ3v) is 5.81. The predicted molar refractivity (Wildman–Crippen MR) is 116 cm³/mol. The van der Waals surface area contributed by atoms with E-state index in [2.05, 4.69) is 15.6 Å². The van der Waals surface area contributed by atoms with E-state index in [1.807, 2.05) is 18.2 Å². The van der Waals surface area contributed by atoms with Crippen molar-refractivity contribution >= 4 is 17.6 Å². The molecule has 2 N–H and O–H groups in total. The van der Waals surface area contributed by atoms with Gasteiger partial charge in [-0.05, 0) is 49.4 Å². The van der Waals surface area contributed by atoms with Gasteiger partial charge in [-0.2, -0.15) is 0 Å². The molecule has 31 heavy (non-hydrogen) atoms. The highest BCUT2D eigenvalue weighted by atomic mass is 16.5. The molecule has 1 aromatic heterocycles. The molecule has 1 saturated heterocycles. The van der Waals surface area contributed by atoms with Gasteiger partial charge in [0.25, 0.3) is 0 Å². The molecule has 1 aromatic carbocycles. The number of pyridine rings is 1. The molecule has 2 aromatic rings. The van der Waals surface area contributed by atoms with E-state index >= 15 is 0 Å². The molecule has 8 heteroatoms. The number of urea groups is 1. The Kier molecular flexibility index (Phi) is 6.25. The largest absolute Gasteiger partial charge is 0.493 e. The first kappa shape index (κ1) is 21.0. The van der Waals surface area contributed by atoms with Crippen molar-refractivity contribution in [3.8, 4) is 11.5 Å². The number of ether oxygens (including phenoxy) is 2. The molecule has 2 heterocycles. The van der Waals surface area contributed by atoms with Crippen molar-refractivity contribution in [3.63, 3.8) is 0 Å². The lowest BCUT2D eigenvalue weighted by Crippen LogP contribution is -2.30. The molecule has 4 rings (SSSR count). The number of hydrogen-bond acceptors (Lipinski definition) is 5. The predicted octanol–water partition coefficient (Wildman–Crippen LogP) is 3.64. The Hall–Kier alpha value is -3.29. The lowest BCUT2D eigenvalue weighted by Gasteiger charge is -2.25. The number of carbonyl (C=O) groups excluding carboxylic acids is 2. The maximum absolute atomic E-state index is 12.6. The lowest BCUT2D eigenvalue weighted by molar-refractivity contribution is -0.114. The van der Waals surface area contributed by atoms with Crippen LogP contribution in [0.1, 0.15) is 49.8 Å². The first-order chi connectivity index (χ1) is 15.0. The zero-order valence-corrected chi connectivity index (χ0v) is 17.9. The van der Waals surface area contributed by atoms with Crippen LogP contribution >= 0.6 is 0 Å². The molecule has 1 atom stereocenters. The maximum Gasteiger partial charge on any atom is 0.318 e. The summed E-state index contributed by atoms with van der Waals surface area (Å²) in [5, 5.41) is 5.73. The zero-order valence-electron chi connectivity index (χ0n) is 17.9. The second kappa shape index (κ2) is 9.24. The van der Waals surface area contributed by atoms with E-state index in [1.54, 1.807) is 30.5 Å². The Morgan fingerprint density at radius 1 is 1.26 bits per heavy atom. The van der Waals surface area contributed by atoms with Gasteiger partial charge in [0.2, 0.25) is 5.91 Å². The third-order valence-electron chi connectivity index (χ3n) is 5.81. The SMILES string of the molecule is COc1ccc(C2CNC(=O)N2Cc2cnccc2NC(C)=O)cc1OC1CCCC1. The molecular formula is C23H28N4O4. The van der Waals surface area contributed by atoms with Crippen LogP contribution in [0.4, 0.5) is 10.5 Å². The Bertz CT molecular complexity index is 958. The third kappa shape index (κ3) is 4.73. The molecule has 1 aliphatic carbocycles. The highest BCUT2D eigenvalue weighted by molar-refractivity contribution is 5.89. The van der Waals surface area contributed by atoms with Gasteiger partial charge in [0.05, 0.1) is 25.8 Å². The number of carbonyl (C=O) groups is 2. The molecule has 0 bridgehead atoms. The van der Waals surface area contributed by atoms with Gasteiger partial charge in [-0.25, -0.2) is 4.79 Å². The van der Waals surface area contributed by atoms with Crippen molar-refractivity contribution < 1.29 is 19.1 Å². The average molecular weight is 425 g/mol. The number of benzene rings is 1. The Balaban J connectivity index is 1.59. The first-order valence-corrected chi connectivity index (χ1v) is 10.6. The summed E-state index contributed by atoms with van der Waals surface area (Å²) < 4.78 is 11.7. The number of hydrogen-bond donors (Lipinski definition) is 2. The second-order valence-corrected chi connectivity index (χ2v) is 7.98. The molecule has 0 radical (unpaired) electrons. The molecule has 0 spiro atoms. The Labute approximate surface area is 181 Å². The number of amides is 3. The fraction of sp³-hybridized carbons (Fsp3) is 0.435. The van der Waals surface area contributed by atoms with Gasteiger partial charge >= 0.3 is 6.03 Å². The fourth-order valence-electron chi connectivity index (χ4n) is 4.24. The number of aromatic nitrogens is 1. The maximum atomic E-state index is 12.6. The Morgan fingerprint density at radius 3 is 2.81 bits per heavy atom. The van der Waals surface area contributed by atoms with Crippen molar-refractivity contribution in [3.05, 3.63) is 47.8 Å². The minimum absolute atomic E-state index is 0.156. The van der Waals surface area contributed by atoms with E-state index < -0.39 is 0 Å². The van der Waals surface area contributed by atoms with Gasteiger partial charge in [-0.3, -0.25) is 9.78 Å². The van der Waals surface area contributed by atoms with Crippen LogP contribution in [0.25, 0.3) is 0 Å². The topological polar surface area (TPSA) is 92.8 Å². The number of rotatable bonds is 7. The summed E-state index contributed by atoms with van der Waals surface area (Å²) in [7, 11) is 1.63. The molecule has 1 aliphatic heterocycles. The molecule has 1 saturated carbocycles. The number of nitrogens with zero attached hydrogens (tertiary/aromatic N) is 2. The van der Waals surface area contributed by atoms with Crippen LogP contribution in [0.5, 0.6) is 11.5 Å². The molecule has 164 valence electrons. The summed E-state index contributed by atoms with van der Waals surface area (Å²) in [5.74, 6) is 1.24. The molecule has 8 nitrogen and oxygen atoms in total. The minimum atomic E-state index is -0.172. The molecule has 3 amide bonds. The smallest absolute Gasteiger partial charge is 0.318 e. The van der Waals surface area contributed by atoms with Gasteiger partial charge < -0.3 is 25.0 Å². The average Bonchev–Trinajstić information content (AvgIpc) is 3.39. The lowest BCUT2D eigenvalue weighted by atomic mass is 10.0. The van der Waals surface area contributed by atoms with Crippen molar-refractivity contribution in [1.82, 2.24) is 15.2 Å². The van der Waals surface area contributed by atoms with Gasteiger partial charge in [0.1, 0.15) is 0 Å². The van der Waals surface area contributed by atoms with Crippen molar-refractivity contribution in [2.45, 2.75) is 51.3 Å². The van der Waals surface area contributed by atoms with E-state index in [4.69, 9.17) is 9.47 Å². The molecular weight excluding hydrogens is 396 g/mol. The van der Waals surface area contributed by atoms with E-state index in [0.29, 0.717) is 30.3 Å². The molecule has 1 unspecified atom stereocenters. The summed E-state index contributed by atoms with van der Waals surface area (Å²) in [4.78, 5) is 30.1. The summed E-state index contributed by atoms with van der Waals surface area (Å²) in [6, 6.07) is 7.25. The first-order valence-electron chi connectivity index (χ1n) is 10.6. The van der Waals surface area contributed by atoms with Crippen LogP contribution in [-0.2, 0) is 11.3 Å². The van der Waals surface area contributed by atoms with Crippen LogP contribution in [-0.4, -0.2) is 41.6 Å². The minimum Gasteiger partial charge on any atom is -0.493 e. The van der Waals surface area contributed by atoms with E-state index in [9.17, 15) is 9.59 Å². The number of anilines is 1. The van der Waals surface area contributed by atoms with Crippen LogP contribution in [0.2, 0.25) is 0 Å². The highest BCUT2D eigenvalue weighted by Gasteiger charge is 2.33. The van der Waals surface area contributed by atoms with Crippen LogP contribution < -0.4 is 20.1 Å². The van der Waals surface area contributed by atoms with Gasteiger partial charge in [0.15, 0.2) is 11.5 Å². The second-order valence-electron chi connectivity index (χ2n) is 7.98. The number of methoxy groups -OCH3 is 1. The monoisotopic (exact) mass is 424 g/mol. The van der Waals surface area contributed by atoms with Crippen molar-refractivity contribution in [2.24, 2.45) is 0 Å². The quantitative estimate of drug-likeness (QED) is 0.708. The van der Waals surface area contributed by atoms with Gasteiger partial charge in [-0.1, -0.05) is 6.07 Å².